The smallest absolute Gasteiger partial charge is 0.248 e. The van der Waals surface area contributed by atoms with Crippen molar-refractivity contribution in [1.82, 2.24) is 14.4 Å². The first-order valence-electron chi connectivity index (χ1n) is 9.64. The molecule has 0 bridgehead atoms. The van der Waals surface area contributed by atoms with E-state index in [1.165, 1.54) is 4.31 Å². The molecule has 8 heteroatoms. The average Bonchev–Trinajstić information content (AvgIpc) is 3.46. The Morgan fingerprint density at radius 2 is 1.79 bits per heavy atom. The lowest BCUT2D eigenvalue weighted by Crippen LogP contribution is -2.42. The molecule has 1 aliphatic carbocycles. The van der Waals surface area contributed by atoms with Crippen molar-refractivity contribution >= 4 is 15.9 Å². The Kier molecular flexibility index (Phi) is 4.79. The van der Waals surface area contributed by atoms with Crippen molar-refractivity contribution in [3.8, 4) is 0 Å². The summed E-state index contributed by atoms with van der Waals surface area (Å²) in [4.78, 5) is 15.2. The summed E-state index contributed by atoms with van der Waals surface area (Å²) in [5, 5.41) is 3.77. The highest BCUT2D eigenvalue weighted by atomic mass is 32.2. The minimum absolute atomic E-state index is 0.121. The normalized spacial score (nSPS) is 20.0. The molecule has 150 valence electrons. The number of rotatable bonds is 4. The fraction of sp³-hybridized carbons (Fsp3) is 0.500. The summed E-state index contributed by atoms with van der Waals surface area (Å²) in [7, 11) is -3.69. The van der Waals surface area contributed by atoms with Crippen LogP contribution in [0.25, 0.3) is 0 Å². The van der Waals surface area contributed by atoms with Gasteiger partial charge in [-0.15, -0.1) is 0 Å². The van der Waals surface area contributed by atoms with Gasteiger partial charge in [0.05, 0.1) is 5.41 Å². The Labute approximate surface area is 165 Å². The molecule has 0 spiro atoms. The summed E-state index contributed by atoms with van der Waals surface area (Å²) < 4.78 is 32.6. The number of amides is 1. The third-order valence-corrected chi connectivity index (χ3v) is 7.94. The van der Waals surface area contributed by atoms with E-state index in [9.17, 15) is 13.2 Å². The minimum Gasteiger partial charge on any atom is -0.360 e. The third kappa shape index (κ3) is 3.14. The van der Waals surface area contributed by atoms with E-state index in [1.807, 2.05) is 35.2 Å². The van der Waals surface area contributed by atoms with Crippen LogP contribution in [0.3, 0.4) is 0 Å². The first kappa shape index (κ1) is 19.1. The van der Waals surface area contributed by atoms with Crippen molar-refractivity contribution in [1.29, 1.82) is 0 Å². The summed E-state index contributed by atoms with van der Waals surface area (Å²) in [6.45, 7) is 4.87. The summed E-state index contributed by atoms with van der Waals surface area (Å²) >= 11 is 0. The van der Waals surface area contributed by atoms with Gasteiger partial charge in [0.15, 0.2) is 5.76 Å². The molecule has 1 amide bonds. The van der Waals surface area contributed by atoms with Crippen LogP contribution in [0, 0.1) is 13.8 Å². The topological polar surface area (TPSA) is 83.7 Å². The summed E-state index contributed by atoms with van der Waals surface area (Å²) in [6, 6.07) is 9.90. The molecule has 0 radical (unpaired) electrons. The summed E-state index contributed by atoms with van der Waals surface area (Å²) in [5.74, 6) is 0.422. The lowest BCUT2D eigenvalue weighted by atomic mass is 9.94. The number of nitrogens with zero attached hydrogens (tertiary/aromatic N) is 3. The molecule has 0 unspecified atom stereocenters. The van der Waals surface area contributed by atoms with Crippen LogP contribution in [-0.2, 0) is 20.2 Å². The van der Waals surface area contributed by atoms with Crippen LogP contribution in [0.2, 0.25) is 0 Å². The molecule has 2 fully saturated rings. The summed E-state index contributed by atoms with van der Waals surface area (Å²) in [5.41, 5.74) is 1.01. The van der Waals surface area contributed by atoms with Gasteiger partial charge in [-0.25, -0.2) is 8.42 Å². The molecule has 28 heavy (non-hydrogen) atoms. The number of aryl methyl sites for hydroxylation is 2. The largest absolute Gasteiger partial charge is 0.360 e. The Hall–Kier alpha value is -2.19. The molecule has 0 atom stereocenters. The van der Waals surface area contributed by atoms with E-state index in [0.29, 0.717) is 37.5 Å². The quantitative estimate of drug-likeness (QED) is 0.782. The number of carbonyl (C=O) groups excluding carboxylic acids is 1. The van der Waals surface area contributed by atoms with Gasteiger partial charge in [0.25, 0.3) is 0 Å². The molecule has 1 aromatic heterocycles. The standard InChI is InChI=1S/C20H25N3O4S/c1-15-18(16(2)27-21-15)28(25,26)23-12-6-11-22(13-14-23)19(24)20(9-10-20)17-7-4-3-5-8-17/h3-5,7-8H,6,9-14H2,1-2H3. The average molecular weight is 404 g/mol. The Bertz CT molecular complexity index is 961. The Morgan fingerprint density at radius 1 is 1.07 bits per heavy atom. The summed E-state index contributed by atoms with van der Waals surface area (Å²) in [6.07, 6.45) is 2.32. The van der Waals surface area contributed by atoms with Crippen molar-refractivity contribution in [2.45, 2.75) is 43.4 Å². The lowest BCUT2D eigenvalue weighted by molar-refractivity contribution is -0.133. The van der Waals surface area contributed by atoms with Gasteiger partial charge < -0.3 is 9.42 Å². The number of benzene rings is 1. The van der Waals surface area contributed by atoms with Gasteiger partial charge in [0, 0.05) is 26.2 Å². The van der Waals surface area contributed by atoms with E-state index in [2.05, 4.69) is 5.16 Å². The monoisotopic (exact) mass is 403 g/mol. The molecule has 4 rings (SSSR count). The molecule has 0 N–H and O–H groups in total. The first-order chi connectivity index (χ1) is 13.4. The second-order valence-corrected chi connectivity index (χ2v) is 9.53. The zero-order valence-corrected chi connectivity index (χ0v) is 17.0. The van der Waals surface area contributed by atoms with E-state index in [-0.39, 0.29) is 17.3 Å². The number of sulfonamides is 1. The van der Waals surface area contributed by atoms with Crippen molar-refractivity contribution in [3.05, 3.63) is 47.3 Å². The van der Waals surface area contributed by atoms with E-state index in [1.54, 1.807) is 13.8 Å². The maximum Gasteiger partial charge on any atom is 0.248 e. The van der Waals surface area contributed by atoms with Crippen LogP contribution >= 0.6 is 0 Å². The molecule has 1 saturated carbocycles. The number of carbonyl (C=O) groups is 1. The maximum atomic E-state index is 13.3. The molecule has 2 aromatic rings. The van der Waals surface area contributed by atoms with Crippen molar-refractivity contribution in [2.24, 2.45) is 0 Å². The van der Waals surface area contributed by atoms with Gasteiger partial charge in [-0.1, -0.05) is 35.5 Å². The maximum absolute atomic E-state index is 13.3. The molecule has 1 aliphatic heterocycles. The molecule has 2 heterocycles. The van der Waals surface area contributed by atoms with Crippen LogP contribution in [-0.4, -0.2) is 54.9 Å². The van der Waals surface area contributed by atoms with Crippen LogP contribution in [0.15, 0.2) is 39.8 Å². The van der Waals surface area contributed by atoms with Gasteiger partial charge in [0.2, 0.25) is 15.9 Å². The highest BCUT2D eigenvalue weighted by molar-refractivity contribution is 7.89. The van der Waals surface area contributed by atoms with E-state index in [0.717, 1.165) is 18.4 Å². The molecule has 1 aromatic carbocycles. The second kappa shape index (κ2) is 7.00. The van der Waals surface area contributed by atoms with Crippen LogP contribution in [0.5, 0.6) is 0 Å². The zero-order chi connectivity index (χ0) is 19.9. The van der Waals surface area contributed by atoms with Crippen LogP contribution in [0.1, 0.15) is 36.3 Å². The van der Waals surface area contributed by atoms with E-state index < -0.39 is 15.4 Å². The van der Waals surface area contributed by atoms with Crippen molar-refractivity contribution < 1.29 is 17.7 Å². The highest BCUT2D eigenvalue weighted by Crippen LogP contribution is 2.49. The Balaban J connectivity index is 1.51. The predicted octanol–water partition coefficient (Wildman–Crippen LogP) is 2.25. The van der Waals surface area contributed by atoms with E-state index >= 15 is 0 Å². The molecular weight excluding hydrogens is 378 g/mol. The fourth-order valence-electron chi connectivity index (χ4n) is 4.12. The fourth-order valence-corrected chi connectivity index (χ4v) is 5.88. The van der Waals surface area contributed by atoms with Gasteiger partial charge >= 0.3 is 0 Å². The first-order valence-corrected chi connectivity index (χ1v) is 11.1. The second-order valence-electron chi connectivity index (χ2n) is 7.65. The Morgan fingerprint density at radius 3 is 2.39 bits per heavy atom. The molecule has 1 saturated heterocycles. The number of hydrogen-bond acceptors (Lipinski definition) is 5. The van der Waals surface area contributed by atoms with Gasteiger partial charge in [-0.3, -0.25) is 4.79 Å². The number of aromatic nitrogens is 1. The minimum atomic E-state index is -3.69. The molecular formula is C20H25N3O4S. The predicted molar refractivity (Wildman–Crippen MR) is 103 cm³/mol. The molecule has 2 aliphatic rings. The van der Waals surface area contributed by atoms with Gasteiger partial charge in [-0.05, 0) is 38.7 Å². The van der Waals surface area contributed by atoms with Crippen LogP contribution < -0.4 is 0 Å². The SMILES string of the molecule is Cc1noc(C)c1S(=O)(=O)N1CCCN(C(=O)C2(c3ccccc3)CC2)CC1. The van der Waals surface area contributed by atoms with Gasteiger partial charge in [0.1, 0.15) is 10.6 Å². The van der Waals surface area contributed by atoms with Crippen molar-refractivity contribution in [3.63, 3.8) is 0 Å². The highest BCUT2D eigenvalue weighted by Gasteiger charge is 2.53. The number of hydrogen-bond donors (Lipinski definition) is 0. The third-order valence-electron chi connectivity index (χ3n) is 5.79. The van der Waals surface area contributed by atoms with E-state index in [4.69, 9.17) is 4.52 Å². The van der Waals surface area contributed by atoms with Crippen LogP contribution in [0.4, 0.5) is 0 Å². The lowest BCUT2D eigenvalue weighted by Gasteiger charge is -2.26. The van der Waals surface area contributed by atoms with Crippen molar-refractivity contribution in [2.75, 3.05) is 26.2 Å². The zero-order valence-electron chi connectivity index (χ0n) is 16.2. The molecule has 7 nitrogen and oxygen atoms in total. The van der Waals surface area contributed by atoms with Gasteiger partial charge in [-0.2, -0.15) is 4.31 Å².